The summed E-state index contributed by atoms with van der Waals surface area (Å²) in [6.45, 7) is 4.37. The van der Waals surface area contributed by atoms with Gasteiger partial charge in [0.15, 0.2) is 0 Å². The van der Waals surface area contributed by atoms with Gasteiger partial charge in [0.05, 0.1) is 11.0 Å². The van der Waals surface area contributed by atoms with Crippen LogP contribution in [0.1, 0.15) is 62.5 Å². The Kier molecular flexibility index (Phi) is 7.01. The zero-order chi connectivity index (χ0) is 27.1. The summed E-state index contributed by atoms with van der Waals surface area (Å²) < 4.78 is 18.2. The minimum atomic E-state index is -1.29. The van der Waals surface area contributed by atoms with Gasteiger partial charge in [-0.2, -0.15) is 0 Å². The number of alkyl halides is 1. The molecule has 4 aliphatic heterocycles. The van der Waals surface area contributed by atoms with Crippen molar-refractivity contribution in [2.24, 2.45) is 12.0 Å². The first-order valence-corrected chi connectivity index (χ1v) is 14.2. The van der Waals surface area contributed by atoms with Crippen molar-refractivity contribution >= 4 is 29.1 Å². The maximum absolute atomic E-state index is 15.0. The molecule has 0 saturated carbocycles. The number of fused-ring (bicyclic) bond motifs is 1. The Morgan fingerprint density at radius 1 is 1.03 bits per heavy atom. The molecule has 3 fully saturated rings. The highest BCUT2D eigenvalue weighted by Crippen LogP contribution is 2.33. The Hall–Kier alpha value is -3.11. The Labute approximate surface area is 227 Å². The second-order valence-corrected chi connectivity index (χ2v) is 11.6. The molecule has 4 aliphatic rings. The normalized spacial score (nSPS) is 27.9. The van der Waals surface area contributed by atoms with Crippen LogP contribution in [0.2, 0.25) is 0 Å². The van der Waals surface area contributed by atoms with Gasteiger partial charge in [-0.05, 0) is 88.0 Å². The van der Waals surface area contributed by atoms with Crippen molar-refractivity contribution in [3.05, 3.63) is 46.5 Å². The van der Waals surface area contributed by atoms with Gasteiger partial charge in [0.1, 0.15) is 11.7 Å². The summed E-state index contributed by atoms with van der Waals surface area (Å²) in [5, 5.41) is 2.37. The Balaban J connectivity index is 1.07. The molecule has 9 nitrogen and oxygen atoms in total. The number of aliphatic imine (C=N–C) groups is 1. The van der Waals surface area contributed by atoms with Gasteiger partial charge >= 0.3 is 5.69 Å². The van der Waals surface area contributed by atoms with Gasteiger partial charge < -0.3 is 4.90 Å². The number of hydrogen-bond donors (Lipinski definition) is 1. The number of hydrogen-bond acceptors (Lipinski definition) is 6. The fourth-order valence-corrected chi connectivity index (χ4v) is 6.90. The molecule has 0 spiro atoms. The molecule has 2 atom stereocenters. The van der Waals surface area contributed by atoms with E-state index in [0.29, 0.717) is 31.3 Å². The summed E-state index contributed by atoms with van der Waals surface area (Å²) >= 11 is 0. The Morgan fingerprint density at radius 3 is 2.49 bits per heavy atom. The van der Waals surface area contributed by atoms with E-state index in [1.165, 1.54) is 5.56 Å². The van der Waals surface area contributed by atoms with Crippen LogP contribution in [0.4, 0.5) is 4.39 Å². The number of aromatic nitrogens is 2. The topological polar surface area (TPSA) is 91.9 Å². The summed E-state index contributed by atoms with van der Waals surface area (Å²) in [4.78, 5) is 46.0. The number of carbonyl (C=O) groups excluding carboxylic acids is 2. The highest BCUT2D eigenvalue weighted by atomic mass is 19.1. The van der Waals surface area contributed by atoms with Crippen LogP contribution in [0.25, 0.3) is 11.0 Å². The lowest BCUT2D eigenvalue weighted by molar-refractivity contribution is -0.135. The van der Waals surface area contributed by atoms with Crippen molar-refractivity contribution in [3.8, 4) is 0 Å². The molecule has 2 unspecified atom stereocenters. The third-order valence-electron chi connectivity index (χ3n) is 9.19. The molecule has 2 amide bonds. The molecule has 0 bridgehead atoms. The maximum atomic E-state index is 15.0. The van der Waals surface area contributed by atoms with E-state index < -0.39 is 17.6 Å². The number of rotatable bonds is 5. The number of carbonyl (C=O) groups is 2. The van der Waals surface area contributed by atoms with Crippen molar-refractivity contribution in [2.75, 3.05) is 32.7 Å². The molecule has 10 heteroatoms. The number of amides is 2. The van der Waals surface area contributed by atoms with Gasteiger partial charge in [-0.25, -0.2) is 9.18 Å². The first-order chi connectivity index (χ1) is 18.8. The first-order valence-electron chi connectivity index (χ1n) is 14.2. The molecular weight excluding hydrogens is 499 g/mol. The number of aryl methyl sites for hydroxylation is 1. The van der Waals surface area contributed by atoms with Crippen LogP contribution in [-0.4, -0.2) is 81.4 Å². The smallest absolute Gasteiger partial charge is 0.300 e. The lowest BCUT2D eigenvalue weighted by Gasteiger charge is -2.43. The number of halogens is 1. The maximum Gasteiger partial charge on any atom is 0.329 e. The minimum Gasteiger partial charge on any atom is -0.300 e. The SMILES string of the molecule is Cn1c(=O)n(C2CCC(=O)NC2=O)c2ccc(C3CCN(C4CCN(CC5(F)C=CN=CC5)CC4)CC3)cc21. The fraction of sp³-hybridized carbons (Fsp3) is 0.586. The average Bonchev–Trinajstić information content (AvgIpc) is 3.18. The van der Waals surface area contributed by atoms with Gasteiger partial charge in [0, 0.05) is 44.9 Å². The Bertz CT molecular complexity index is 1380. The highest BCUT2D eigenvalue weighted by molar-refractivity contribution is 6.00. The van der Waals surface area contributed by atoms with E-state index in [2.05, 4.69) is 32.2 Å². The van der Waals surface area contributed by atoms with Crippen molar-refractivity contribution in [3.63, 3.8) is 0 Å². The number of piperidine rings is 3. The summed E-state index contributed by atoms with van der Waals surface area (Å²) in [7, 11) is 1.74. The zero-order valence-electron chi connectivity index (χ0n) is 22.5. The van der Waals surface area contributed by atoms with Crippen LogP contribution in [0.15, 0.2) is 40.3 Å². The molecule has 3 saturated heterocycles. The largest absolute Gasteiger partial charge is 0.329 e. The molecule has 0 aliphatic carbocycles. The summed E-state index contributed by atoms with van der Waals surface area (Å²) in [6.07, 6.45) is 10.0. The van der Waals surface area contributed by atoms with Gasteiger partial charge in [0.25, 0.3) is 0 Å². The first kappa shape index (κ1) is 26.1. The van der Waals surface area contributed by atoms with Gasteiger partial charge in [0.2, 0.25) is 11.8 Å². The predicted octanol–water partition coefficient (Wildman–Crippen LogP) is 2.66. The quantitative estimate of drug-likeness (QED) is 0.594. The molecule has 1 aromatic heterocycles. The lowest BCUT2D eigenvalue weighted by atomic mass is 9.87. The van der Waals surface area contributed by atoms with E-state index in [0.717, 1.165) is 62.9 Å². The summed E-state index contributed by atoms with van der Waals surface area (Å²) in [5.41, 5.74) is 1.26. The molecule has 1 aromatic carbocycles. The number of likely N-dealkylation sites (tertiary alicyclic amines) is 2. The van der Waals surface area contributed by atoms with E-state index in [1.807, 2.05) is 6.07 Å². The number of imidazole rings is 1. The standard InChI is InChI=1S/C29H37FN6O3/c1-33-25-18-21(2-3-23(25)36(28(33)39)24-4-5-26(37)32-27(24)38)20-6-16-35(17-7-20)22-8-14-34(15-9-22)19-29(30)10-12-31-13-11-29/h2-3,10,12-13,18,20,22,24H,4-9,11,14-17,19H2,1H3,(H,32,37,38). The van der Waals surface area contributed by atoms with Gasteiger partial charge in [-0.1, -0.05) is 6.07 Å². The predicted molar refractivity (Wildman–Crippen MR) is 148 cm³/mol. The van der Waals surface area contributed by atoms with E-state index in [4.69, 9.17) is 0 Å². The minimum absolute atomic E-state index is 0.232. The van der Waals surface area contributed by atoms with Crippen molar-refractivity contribution in [2.45, 2.75) is 68.6 Å². The molecule has 1 N–H and O–H groups in total. The van der Waals surface area contributed by atoms with Crippen molar-refractivity contribution in [1.82, 2.24) is 24.3 Å². The van der Waals surface area contributed by atoms with Gasteiger partial charge in [-0.3, -0.25) is 33.9 Å². The van der Waals surface area contributed by atoms with E-state index in [-0.39, 0.29) is 18.0 Å². The summed E-state index contributed by atoms with van der Waals surface area (Å²) in [5.74, 6) is -0.275. The fourth-order valence-electron chi connectivity index (χ4n) is 6.90. The third-order valence-corrected chi connectivity index (χ3v) is 9.19. The monoisotopic (exact) mass is 536 g/mol. The highest BCUT2D eigenvalue weighted by Gasteiger charge is 2.35. The van der Waals surface area contributed by atoms with Crippen LogP contribution < -0.4 is 11.0 Å². The molecule has 208 valence electrons. The van der Waals surface area contributed by atoms with E-state index in [1.54, 1.807) is 34.7 Å². The van der Waals surface area contributed by atoms with Crippen LogP contribution in [-0.2, 0) is 16.6 Å². The van der Waals surface area contributed by atoms with Gasteiger partial charge in [-0.15, -0.1) is 0 Å². The molecule has 0 radical (unpaired) electrons. The number of imide groups is 1. The number of nitrogens with one attached hydrogen (secondary N) is 1. The lowest BCUT2D eigenvalue weighted by Crippen LogP contribution is -2.50. The van der Waals surface area contributed by atoms with Crippen LogP contribution in [0.5, 0.6) is 0 Å². The van der Waals surface area contributed by atoms with E-state index >= 15 is 4.39 Å². The molecular formula is C29H37FN6O3. The number of nitrogens with zero attached hydrogens (tertiary/aromatic N) is 5. The van der Waals surface area contributed by atoms with Crippen LogP contribution in [0, 0.1) is 0 Å². The Morgan fingerprint density at radius 2 is 1.79 bits per heavy atom. The second-order valence-electron chi connectivity index (χ2n) is 11.6. The molecule has 5 heterocycles. The van der Waals surface area contributed by atoms with Crippen LogP contribution >= 0.6 is 0 Å². The molecule has 39 heavy (non-hydrogen) atoms. The van der Waals surface area contributed by atoms with E-state index in [9.17, 15) is 14.4 Å². The van der Waals surface area contributed by atoms with Crippen LogP contribution in [0.3, 0.4) is 0 Å². The number of benzene rings is 1. The summed E-state index contributed by atoms with van der Waals surface area (Å²) in [6, 6.07) is 6.05. The molecule has 6 rings (SSSR count). The average molecular weight is 537 g/mol. The second kappa shape index (κ2) is 10.5. The third kappa shape index (κ3) is 5.12. The molecule has 2 aromatic rings. The van der Waals surface area contributed by atoms with Crippen molar-refractivity contribution < 1.29 is 14.0 Å². The zero-order valence-corrected chi connectivity index (χ0v) is 22.5. The van der Waals surface area contributed by atoms with Crippen molar-refractivity contribution in [1.29, 1.82) is 0 Å².